The van der Waals surface area contributed by atoms with Crippen molar-refractivity contribution < 1.29 is 9.47 Å². The number of hydrogen-bond donors (Lipinski definition) is 0. The Morgan fingerprint density at radius 2 is 2.11 bits per heavy atom. The van der Waals surface area contributed by atoms with E-state index in [4.69, 9.17) is 9.47 Å². The molecular formula is C16H25NO2. The summed E-state index contributed by atoms with van der Waals surface area (Å²) in [6, 6.07) is 6.69. The van der Waals surface area contributed by atoms with Crippen LogP contribution in [0.3, 0.4) is 0 Å². The summed E-state index contributed by atoms with van der Waals surface area (Å²) in [6.07, 6.45) is 5.04. The smallest absolute Gasteiger partial charge is 0.127 e. The molecule has 0 aromatic heterocycles. The van der Waals surface area contributed by atoms with E-state index >= 15 is 0 Å². The zero-order valence-corrected chi connectivity index (χ0v) is 12.3. The Hall–Kier alpha value is -1.22. The average Bonchev–Trinajstić information content (AvgIpc) is 2.92. The van der Waals surface area contributed by atoms with Crippen molar-refractivity contribution in [2.24, 2.45) is 0 Å². The minimum absolute atomic E-state index is 0.507. The van der Waals surface area contributed by atoms with Gasteiger partial charge in [-0.2, -0.15) is 0 Å². The van der Waals surface area contributed by atoms with Gasteiger partial charge in [-0.25, -0.2) is 0 Å². The molecular weight excluding hydrogens is 238 g/mol. The molecule has 1 aromatic rings. The van der Waals surface area contributed by atoms with Crippen LogP contribution in [0.5, 0.6) is 11.5 Å². The molecule has 3 nitrogen and oxygen atoms in total. The van der Waals surface area contributed by atoms with Crippen molar-refractivity contribution in [3.63, 3.8) is 0 Å². The number of likely N-dealkylation sites (tertiary alicyclic amines) is 1. The van der Waals surface area contributed by atoms with Gasteiger partial charge < -0.3 is 9.47 Å². The minimum Gasteiger partial charge on any atom is -0.497 e. The molecule has 0 aliphatic carbocycles. The highest BCUT2D eigenvalue weighted by atomic mass is 16.5. The largest absolute Gasteiger partial charge is 0.497 e. The van der Waals surface area contributed by atoms with E-state index in [1.807, 2.05) is 12.1 Å². The third kappa shape index (κ3) is 3.21. The van der Waals surface area contributed by atoms with E-state index in [2.05, 4.69) is 17.9 Å². The quantitative estimate of drug-likeness (QED) is 0.782. The van der Waals surface area contributed by atoms with Crippen LogP contribution in [-0.4, -0.2) is 32.2 Å². The summed E-state index contributed by atoms with van der Waals surface area (Å²) >= 11 is 0. The highest BCUT2D eigenvalue weighted by Crippen LogP contribution is 2.38. The van der Waals surface area contributed by atoms with Gasteiger partial charge in [-0.1, -0.05) is 19.4 Å². The topological polar surface area (TPSA) is 21.7 Å². The van der Waals surface area contributed by atoms with Crippen LogP contribution in [0.2, 0.25) is 0 Å². The standard InChI is InChI=1S/C16H25NO2/c1-4-5-10-17-11-6-7-15(17)14-9-8-13(18-2)12-16(14)19-3/h8-9,12,15H,4-7,10-11H2,1-3H3. The fourth-order valence-corrected chi connectivity index (χ4v) is 2.90. The molecule has 1 atom stereocenters. The second kappa shape index (κ2) is 6.80. The predicted molar refractivity (Wildman–Crippen MR) is 78.0 cm³/mol. The predicted octanol–water partition coefficient (Wildman–Crippen LogP) is 3.64. The first kappa shape index (κ1) is 14.2. The van der Waals surface area contributed by atoms with Gasteiger partial charge in [0, 0.05) is 17.7 Å². The van der Waals surface area contributed by atoms with Crippen molar-refractivity contribution in [3.8, 4) is 11.5 Å². The number of hydrogen-bond acceptors (Lipinski definition) is 3. The van der Waals surface area contributed by atoms with Gasteiger partial charge in [-0.15, -0.1) is 0 Å². The number of unbranched alkanes of at least 4 members (excludes halogenated alkanes) is 1. The van der Waals surface area contributed by atoms with E-state index in [1.54, 1.807) is 14.2 Å². The van der Waals surface area contributed by atoms with Crippen LogP contribution < -0.4 is 9.47 Å². The van der Waals surface area contributed by atoms with E-state index in [-0.39, 0.29) is 0 Å². The molecule has 1 aromatic carbocycles. The van der Waals surface area contributed by atoms with E-state index in [0.717, 1.165) is 11.5 Å². The van der Waals surface area contributed by atoms with Gasteiger partial charge in [0.05, 0.1) is 14.2 Å². The molecule has 1 aliphatic heterocycles. The molecule has 0 bridgehead atoms. The molecule has 0 saturated carbocycles. The first-order chi connectivity index (χ1) is 9.30. The van der Waals surface area contributed by atoms with Crippen LogP contribution in [0.4, 0.5) is 0 Å². The minimum atomic E-state index is 0.507. The van der Waals surface area contributed by atoms with Gasteiger partial charge in [0.25, 0.3) is 0 Å². The monoisotopic (exact) mass is 263 g/mol. The SMILES string of the molecule is CCCCN1CCCC1c1ccc(OC)cc1OC. The number of benzene rings is 1. The van der Waals surface area contributed by atoms with Crippen LogP contribution in [-0.2, 0) is 0 Å². The fraction of sp³-hybridized carbons (Fsp3) is 0.625. The lowest BCUT2D eigenvalue weighted by Crippen LogP contribution is -2.24. The highest BCUT2D eigenvalue weighted by molar-refractivity contribution is 5.42. The molecule has 0 radical (unpaired) electrons. The average molecular weight is 263 g/mol. The van der Waals surface area contributed by atoms with Gasteiger partial charge >= 0.3 is 0 Å². The Morgan fingerprint density at radius 3 is 2.79 bits per heavy atom. The van der Waals surface area contributed by atoms with E-state index in [9.17, 15) is 0 Å². The number of ether oxygens (including phenoxy) is 2. The van der Waals surface area contributed by atoms with Gasteiger partial charge in [0.2, 0.25) is 0 Å². The Kier molecular flexibility index (Phi) is 5.08. The second-order valence-corrected chi connectivity index (χ2v) is 5.16. The summed E-state index contributed by atoms with van der Waals surface area (Å²) in [5, 5.41) is 0. The first-order valence-electron chi connectivity index (χ1n) is 7.26. The molecule has 1 aliphatic rings. The maximum atomic E-state index is 5.55. The zero-order valence-electron chi connectivity index (χ0n) is 12.3. The molecule has 0 spiro atoms. The lowest BCUT2D eigenvalue weighted by Gasteiger charge is -2.26. The Labute approximate surface area is 116 Å². The normalized spacial score (nSPS) is 19.6. The second-order valence-electron chi connectivity index (χ2n) is 5.16. The van der Waals surface area contributed by atoms with Crippen molar-refractivity contribution in [1.82, 2.24) is 4.90 Å². The van der Waals surface area contributed by atoms with Crippen molar-refractivity contribution in [1.29, 1.82) is 0 Å². The Morgan fingerprint density at radius 1 is 1.26 bits per heavy atom. The Bertz CT molecular complexity index is 406. The third-order valence-electron chi connectivity index (χ3n) is 3.96. The summed E-state index contributed by atoms with van der Waals surface area (Å²) in [4.78, 5) is 2.59. The lowest BCUT2D eigenvalue weighted by molar-refractivity contribution is 0.247. The van der Waals surface area contributed by atoms with Crippen molar-refractivity contribution in [3.05, 3.63) is 23.8 Å². The van der Waals surface area contributed by atoms with Crippen LogP contribution in [0, 0.1) is 0 Å². The summed E-state index contributed by atoms with van der Waals surface area (Å²) in [5.41, 5.74) is 1.30. The fourth-order valence-electron chi connectivity index (χ4n) is 2.90. The number of rotatable bonds is 6. The van der Waals surface area contributed by atoms with Crippen molar-refractivity contribution in [2.45, 2.75) is 38.6 Å². The molecule has 1 fully saturated rings. The third-order valence-corrected chi connectivity index (χ3v) is 3.96. The van der Waals surface area contributed by atoms with E-state index < -0.39 is 0 Å². The van der Waals surface area contributed by atoms with Crippen LogP contribution in [0.1, 0.15) is 44.2 Å². The summed E-state index contributed by atoms with van der Waals surface area (Å²) in [6.45, 7) is 4.65. The van der Waals surface area contributed by atoms with Gasteiger partial charge in [-0.05, 0) is 38.4 Å². The summed E-state index contributed by atoms with van der Waals surface area (Å²) < 4.78 is 10.8. The molecule has 0 amide bonds. The van der Waals surface area contributed by atoms with Crippen LogP contribution >= 0.6 is 0 Å². The molecule has 2 rings (SSSR count). The number of nitrogens with zero attached hydrogens (tertiary/aromatic N) is 1. The van der Waals surface area contributed by atoms with Crippen molar-refractivity contribution in [2.75, 3.05) is 27.3 Å². The summed E-state index contributed by atoms with van der Waals surface area (Å²) in [5.74, 6) is 1.81. The zero-order chi connectivity index (χ0) is 13.7. The lowest BCUT2D eigenvalue weighted by atomic mass is 10.0. The molecule has 19 heavy (non-hydrogen) atoms. The first-order valence-corrected chi connectivity index (χ1v) is 7.26. The molecule has 106 valence electrons. The van der Waals surface area contributed by atoms with E-state index in [0.29, 0.717) is 6.04 Å². The molecule has 1 heterocycles. The molecule has 3 heteroatoms. The van der Waals surface area contributed by atoms with Crippen LogP contribution in [0.15, 0.2) is 18.2 Å². The van der Waals surface area contributed by atoms with E-state index in [1.165, 1.54) is 44.3 Å². The van der Waals surface area contributed by atoms with Gasteiger partial charge in [-0.3, -0.25) is 4.90 Å². The molecule has 1 saturated heterocycles. The highest BCUT2D eigenvalue weighted by Gasteiger charge is 2.27. The van der Waals surface area contributed by atoms with Crippen molar-refractivity contribution >= 4 is 0 Å². The maximum Gasteiger partial charge on any atom is 0.127 e. The summed E-state index contributed by atoms with van der Waals surface area (Å²) in [7, 11) is 3.43. The molecule has 0 N–H and O–H groups in total. The van der Waals surface area contributed by atoms with Gasteiger partial charge in [0.1, 0.15) is 11.5 Å². The van der Waals surface area contributed by atoms with Gasteiger partial charge in [0.15, 0.2) is 0 Å². The molecule has 1 unspecified atom stereocenters. The van der Waals surface area contributed by atoms with Crippen LogP contribution in [0.25, 0.3) is 0 Å². The maximum absolute atomic E-state index is 5.55. The Balaban J connectivity index is 2.19. The number of methoxy groups -OCH3 is 2.